The molecule has 65 heavy (non-hydrogen) atoms. The molecule has 0 saturated carbocycles. The number of nitrogens with two attached hydrogens (primary N) is 2. The minimum atomic E-state index is -1.93. The van der Waals surface area contributed by atoms with Gasteiger partial charge in [0.15, 0.2) is 18.9 Å². The zero-order valence-corrected chi connectivity index (χ0v) is 35.6. The second-order valence-corrected chi connectivity index (χ2v) is 15.9. The highest BCUT2D eigenvalue weighted by Gasteiger charge is 2.52. The van der Waals surface area contributed by atoms with Crippen molar-refractivity contribution in [3.8, 4) is 0 Å². The number of rotatable bonds is 25. The number of primary amides is 1. The monoisotopic (exact) mass is 940 g/mol. The van der Waals surface area contributed by atoms with Crippen molar-refractivity contribution in [2.45, 2.75) is 163 Å². The molecule has 0 bridgehead atoms. The fourth-order valence-electron chi connectivity index (χ4n) is 7.20. The van der Waals surface area contributed by atoms with Crippen LogP contribution >= 0.6 is 0 Å². The highest BCUT2D eigenvalue weighted by Crippen LogP contribution is 2.31. The Morgan fingerprint density at radius 2 is 1.32 bits per heavy atom. The SMILES string of the molecule is CC(=O)N[C@@H](CCCCn1cc(CO[C@H]2O[C@H](CO[C@H]3O[C@H](CO)[C@@H](O)[C@H](O)[C@@H]3O)[C@@H](O)[C@H](O[C@H]3O[C@H](CO)[C@@H](O)[C@H](O)[C@@H]3O)[C@@H]2O)nn1)C(=O)NCC(=O)N[C@@H](CCCCN)C(N)=O. The normalized spacial score (nSPS) is 33.8. The molecule has 3 aliphatic heterocycles. The summed E-state index contributed by atoms with van der Waals surface area (Å²) in [6, 6.07) is -1.92. The molecule has 3 aliphatic rings. The molecule has 0 unspecified atom stereocenters. The van der Waals surface area contributed by atoms with Gasteiger partial charge in [-0.1, -0.05) is 5.21 Å². The molecule has 28 nitrogen and oxygen atoms in total. The maximum Gasteiger partial charge on any atom is 0.243 e. The summed E-state index contributed by atoms with van der Waals surface area (Å²) in [5.74, 6) is -2.48. The van der Waals surface area contributed by atoms with Crippen LogP contribution in [0.25, 0.3) is 0 Å². The van der Waals surface area contributed by atoms with Crippen molar-refractivity contribution in [1.29, 1.82) is 0 Å². The molecular weight excluding hydrogens is 876 g/mol. The molecule has 17 N–H and O–H groups in total. The van der Waals surface area contributed by atoms with E-state index in [9.17, 15) is 70.2 Å². The Balaban J connectivity index is 1.34. The van der Waals surface area contributed by atoms with E-state index in [1.165, 1.54) is 17.8 Å². The largest absolute Gasteiger partial charge is 0.394 e. The van der Waals surface area contributed by atoms with Crippen molar-refractivity contribution >= 4 is 23.6 Å². The highest BCUT2D eigenvalue weighted by atomic mass is 16.7. The maximum atomic E-state index is 12.9. The van der Waals surface area contributed by atoms with Crippen LogP contribution in [0.4, 0.5) is 0 Å². The third-order valence-corrected chi connectivity index (χ3v) is 10.9. The van der Waals surface area contributed by atoms with E-state index >= 15 is 0 Å². The van der Waals surface area contributed by atoms with E-state index < -0.39 is 154 Å². The lowest BCUT2D eigenvalue weighted by Crippen LogP contribution is -2.65. The molecule has 1 aromatic heterocycles. The van der Waals surface area contributed by atoms with Crippen molar-refractivity contribution in [3.05, 3.63) is 11.9 Å². The van der Waals surface area contributed by atoms with E-state index in [1.54, 1.807) is 0 Å². The van der Waals surface area contributed by atoms with Crippen molar-refractivity contribution < 1.29 is 98.7 Å². The standard InChI is InChI=1S/C37H64N8O20/c1-16(48)41-19(34(59)40-10-23(49)42-18(33(39)58)6-2-4-8-38)7-3-5-9-45-11-17(43-44-45)14-60-36-31(57)32(65-37-30(56)28(54)25(51)21(13-47)63-37)26(52)22(64-36)15-61-35-29(55)27(53)24(50)20(12-46)62-35/h11,18-22,24-32,35-37,46-47,50-57H,2-10,12-15,38H2,1H3,(H2,39,58)(H,40,59)(H,41,48)(H,42,49)/t18-,19-,20+,21+,22+,24+,25+,26+,27-,28-,29-,30-,31-,32-,35-,36-,37+/m0/s1. The van der Waals surface area contributed by atoms with Gasteiger partial charge in [-0.05, 0) is 45.1 Å². The van der Waals surface area contributed by atoms with Gasteiger partial charge in [0.25, 0.3) is 0 Å². The Morgan fingerprint density at radius 1 is 0.738 bits per heavy atom. The van der Waals surface area contributed by atoms with Crippen LogP contribution in [0, 0.1) is 0 Å². The van der Waals surface area contributed by atoms with E-state index in [2.05, 4.69) is 26.3 Å². The number of ether oxygens (including phenoxy) is 6. The molecule has 4 heterocycles. The molecule has 17 atom stereocenters. The third-order valence-electron chi connectivity index (χ3n) is 10.9. The number of nitrogens with zero attached hydrogens (tertiary/aromatic N) is 3. The summed E-state index contributed by atoms with van der Waals surface area (Å²) < 4.78 is 35.1. The molecule has 28 heteroatoms. The van der Waals surface area contributed by atoms with Crippen molar-refractivity contribution in [3.63, 3.8) is 0 Å². The summed E-state index contributed by atoms with van der Waals surface area (Å²) >= 11 is 0. The number of carbonyl (C=O) groups excluding carboxylic acids is 4. The number of nitrogens with one attached hydrogen (secondary N) is 3. The predicted molar refractivity (Wildman–Crippen MR) is 212 cm³/mol. The van der Waals surface area contributed by atoms with Gasteiger partial charge >= 0.3 is 0 Å². The second-order valence-electron chi connectivity index (χ2n) is 15.9. The van der Waals surface area contributed by atoms with Crippen LogP contribution in [0.2, 0.25) is 0 Å². The summed E-state index contributed by atoms with van der Waals surface area (Å²) in [5.41, 5.74) is 11.1. The van der Waals surface area contributed by atoms with E-state index in [1.807, 2.05) is 0 Å². The molecule has 0 aliphatic carbocycles. The Hall–Kier alpha value is -3.66. The fraction of sp³-hybridized carbons (Fsp3) is 0.838. The number of carbonyl (C=O) groups is 4. The zero-order chi connectivity index (χ0) is 48.0. The van der Waals surface area contributed by atoms with E-state index in [0.717, 1.165) is 0 Å². The van der Waals surface area contributed by atoms with Crippen molar-refractivity contribution in [1.82, 2.24) is 30.9 Å². The number of aryl methyl sites for hydroxylation is 1. The smallest absolute Gasteiger partial charge is 0.243 e. The van der Waals surface area contributed by atoms with Gasteiger partial charge in [-0.2, -0.15) is 0 Å². The molecule has 0 radical (unpaired) electrons. The number of aliphatic hydroxyl groups excluding tert-OH is 10. The van der Waals surface area contributed by atoms with Gasteiger partial charge in [0.2, 0.25) is 23.6 Å². The van der Waals surface area contributed by atoms with Crippen LogP contribution in [0.5, 0.6) is 0 Å². The van der Waals surface area contributed by atoms with Crippen LogP contribution in [0.3, 0.4) is 0 Å². The molecule has 372 valence electrons. The Morgan fingerprint density at radius 3 is 1.94 bits per heavy atom. The molecule has 0 aromatic carbocycles. The lowest BCUT2D eigenvalue weighted by molar-refractivity contribution is -0.367. The van der Waals surface area contributed by atoms with Gasteiger partial charge in [0.1, 0.15) is 91.0 Å². The highest BCUT2D eigenvalue weighted by molar-refractivity contribution is 5.91. The van der Waals surface area contributed by atoms with Crippen LogP contribution in [-0.4, -0.2) is 227 Å². The number of amides is 4. The maximum absolute atomic E-state index is 12.9. The van der Waals surface area contributed by atoms with Crippen molar-refractivity contribution in [2.24, 2.45) is 11.5 Å². The first-order valence-corrected chi connectivity index (χ1v) is 21.1. The minimum Gasteiger partial charge on any atom is -0.394 e. The van der Waals surface area contributed by atoms with E-state index in [0.29, 0.717) is 32.2 Å². The number of aliphatic hydroxyl groups is 10. The molecule has 1 aromatic rings. The number of unbranched alkanes of at least 4 members (excludes halogenated alkanes) is 2. The summed E-state index contributed by atoms with van der Waals surface area (Å²) in [6.07, 6.45) is -21.7. The number of aromatic nitrogens is 3. The van der Waals surface area contributed by atoms with Crippen LogP contribution < -0.4 is 27.4 Å². The lowest BCUT2D eigenvalue weighted by Gasteiger charge is -2.46. The Labute approximate surface area is 372 Å². The molecule has 4 amide bonds. The van der Waals surface area contributed by atoms with Gasteiger partial charge in [-0.3, -0.25) is 23.9 Å². The van der Waals surface area contributed by atoms with E-state index in [-0.39, 0.29) is 31.7 Å². The first-order valence-electron chi connectivity index (χ1n) is 21.1. The molecule has 3 saturated heterocycles. The van der Waals surface area contributed by atoms with Crippen molar-refractivity contribution in [2.75, 3.05) is 32.9 Å². The molecular formula is C37H64N8O20. The molecule has 4 rings (SSSR count). The lowest BCUT2D eigenvalue weighted by atomic mass is 9.96. The van der Waals surface area contributed by atoms with Crippen LogP contribution in [0.15, 0.2) is 6.20 Å². The number of hydrogen-bond acceptors (Lipinski definition) is 23. The first-order chi connectivity index (χ1) is 30.9. The minimum absolute atomic E-state index is 0.178. The average Bonchev–Trinajstić information content (AvgIpc) is 3.74. The van der Waals surface area contributed by atoms with Gasteiger partial charge in [0.05, 0.1) is 39.2 Å². The first kappa shape index (κ1) is 54.0. The van der Waals surface area contributed by atoms with Gasteiger partial charge in [-0.15, -0.1) is 5.10 Å². The van der Waals surface area contributed by atoms with Gasteiger partial charge in [-0.25, -0.2) is 0 Å². The van der Waals surface area contributed by atoms with Gasteiger partial charge < -0.3 is 107 Å². The molecule has 3 fully saturated rings. The Kier molecular flexibility index (Phi) is 21.6. The summed E-state index contributed by atoms with van der Waals surface area (Å²) in [5, 5.41) is 119. The summed E-state index contributed by atoms with van der Waals surface area (Å²) in [6.45, 7) is -1.13. The summed E-state index contributed by atoms with van der Waals surface area (Å²) in [4.78, 5) is 48.9. The van der Waals surface area contributed by atoms with Crippen LogP contribution in [0.1, 0.15) is 51.1 Å². The fourth-order valence-corrected chi connectivity index (χ4v) is 7.20. The third kappa shape index (κ3) is 15.2. The zero-order valence-electron chi connectivity index (χ0n) is 35.6. The molecule has 0 spiro atoms. The quantitative estimate of drug-likeness (QED) is 0.0405. The number of hydrogen-bond donors (Lipinski definition) is 15. The topological polar surface area (TPSA) is 445 Å². The average molecular weight is 941 g/mol. The second kappa shape index (κ2) is 26.0. The summed E-state index contributed by atoms with van der Waals surface area (Å²) in [7, 11) is 0. The van der Waals surface area contributed by atoms with Gasteiger partial charge in [0, 0.05) is 13.5 Å². The predicted octanol–water partition coefficient (Wildman–Crippen LogP) is -8.87. The van der Waals surface area contributed by atoms with E-state index in [4.69, 9.17) is 39.9 Å². The van der Waals surface area contributed by atoms with Crippen LogP contribution in [-0.2, 0) is 60.8 Å². The Bertz CT molecular complexity index is 1650.